The molecule has 0 spiro atoms. The van der Waals surface area contributed by atoms with Crippen LogP contribution in [-0.4, -0.2) is 41.7 Å². The summed E-state index contributed by atoms with van der Waals surface area (Å²) in [5.74, 6) is -0.0158. The van der Waals surface area contributed by atoms with Crippen molar-refractivity contribution < 1.29 is 14.6 Å². The SMILES string of the molecule is COCc1cccc(C(=O)N2CCCC(C)(O)C2)c1. The number of hydrogen-bond donors (Lipinski definition) is 1. The highest BCUT2D eigenvalue weighted by Crippen LogP contribution is 2.22. The fraction of sp³-hybridized carbons (Fsp3) is 0.533. The molecule has 0 saturated carbocycles. The van der Waals surface area contributed by atoms with Gasteiger partial charge in [0.2, 0.25) is 0 Å². The van der Waals surface area contributed by atoms with E-state index in [9.17, 15) is 9.90 Å². The van der Waals surface area contributed by atoms with Crippen LogP contribution in [0.2, 0.25) is 0 Å². The van der Waals surface area contributed by atoms with Gasteiger partial charge >= 0.3 is 0 Å². The predicted octanol–water partition coefficient (Wildman–Crippen LogP) is 1.82. The highest BCUT2D eigenvalue weighted by atomic mass is 16.5. The van der Waals surface area contributed by atoms with Gasteiger partial charge in [0.05, 0.1) is 12.2 Å². The zero-order valence-electron chi connectivity index (χ0n) is 11.6. The fourth-order valence-corrected chi connectivity index (χ4v) is 2.54. The molecule has 4 nitrogen and oxygen atoms in total. The lowest BCUT2D eigenvalue weighted by Gasteiger charge is -2.36. The van der Waals surface area contributed by atoms with Gasteiger partial charge in [0, 0.05) is 25.8 Å². The minimum Gasteiger partial charge on any atom is -0.388 e. The molecule has 0 radical (unpaired) electrons. The van der Waals surface area contributed by atoms with Crippen LogP contribution in [0.25, 0.3) is 0 Å². The summed E-state index contributed by atoms with van der Waals surface area (Å²) in [4.78, 5) is 14.1. The summed E-state index contributed by atoms with van der Waals surface area (Å²) in [6.07, 6.45) is 1.59. The molecule has 4 heteroatoms. The second-order valence-electron chi connectivity index (χ2n) is 5.46. The van der Waals surface area contributed by atoms with E-state index in [1.165, 1.54) is 0 Å². The van der Waals surface area contributed by atoms with Gasteiger partial charge in [-0.05, 0) is 37.5 Å². The van der Waals surface area contributed by atoms with Crippen LogP contribution in [0.3, 0.4) is 0 Å². The first-order chi connectivity index (χ1) is 9.02. The van der Waals surface area contributed by atoms with Gasteiger partial charge < -0.3 is 14.7 Å². The maximum Gasteiger partial charge on any atom is 0.253 e. The van der Waals surface area contributed by atoms with Gasteiger partial charge in [-0.2, -0.15) is 0 Å². The Bertz CT molecular complexity index is 456. The van der Waals surface area contributed by atoms with E-state index < -0.39 is 5.60 Å². The molecule has 1 aromatic carbocycles. The standard InChI is InChI=1S/C15H21NO3/c1-15(18)7-4-8-16(11-15)14(17)13-6-3-5-12(9-13)10-19-2/h3,5-6,9,18H,4,7-8,10-11H2,1-2H3. The summed E-state index contributed by atoms with van der Waals surface area (Å²) in [7, 11) is 1.64. The Labute approximate surface area is 114 Å². The second-order valence-corrected chi connectivity index (χ2v) is 5.46. The number of hydrogen-bond acceptors (Lipinski definition) is 3. The van der Waals surface area contributed by atoms with Crippen molar-refractivity contribution >= 4 is 5.91 Å². The zero-order chi connectivity index (χ0) is 13.9. The van der Waals surface area contributed by atoms with Crippen LogP contribution in [0.15, 0.2) is 24.3 Å². The minimum atomic E-state index is -0.766. The van der Waals surface area contributed by atoms with E-state index in [4.69, 9.17) is 4.74 Å². The number of β-amino-alcohol motifs (C(OH)–C–C–N with tert-alkyl or cyclic N) is 1. The molecule has 1 atom stereocenters. The highest BCUT2D eigenvalue weighted by molar-refractivity contribution is 5.94. The molecule has 1 aromatic rings. The number of carbonyl (C=O) groups is 1. The quantitative estimate of drug-likeness (QED) is 0.905. The predicted molar refractivity (Wildman–Crippen MR) is 72.9 cm³/mol. The number of piperidine rings is 1. The molecule has 1 heterocycles. The number of carbonyl (C=O) groups excluding carboxylic acids is 1. The van der Waals surface area contributed by atoms with Crippen LogP contribution in [0.5, 0.6) is 0 Å². The average molecular weight is 263 g/mol. The first-order valence-corrected chi connectivity index (χ1v) is 6.61. The third-order valence-electron chi connectivity index (χ3n) is 3.45. The van der Waals surface area contributed by atoms with Crippen molar-refractivity contribution in [3.05, 3.63) is 35.4 Å². The molecule has 0 aliphatic carbocycles. The number of ether oxygens (including phenoxy) is 1. The summed E-state index contributed by atoms with van der Waals surface area (Å²) in [6.45, 7) is 3.40. The van der Waals surface area contributed by atoms with Crippen molar-refractivity contribution in [3.8, 4) is 0 Å². The number of aliphatic hydroxyl groups is 1. The smallest absolute Gasteiger partial charge is 0.253 e. The monoisotopic (exact) mass is 263 g/mol. The van der Waals surface area contributed by atoms with Crippen molar-refractivity contribution in [2.75, 3.05) is 20.2 Å². The van der Waals surface area contributed by atoms with Gasteiger partial charge in [-0.1, -0.05) is 12.1 Å². The van der Waals surface area contributed by atoms with Crippen molar-refractivity contribution in [2.24, 2.45) is 0 Å². The molecule has 1 fully saturated rings. The molecule has 2 rings (SSSR count). The van der Waals surface area contributed by atoms with Gasteiger partial charge in [0.15, 0.2) is 0 Å². The third kappa shape index (κ3) is 3.55. The Morgan fingerprint density at radius 2 is 2.32 bits per heavy atom. The molecule has 0 aromatic heterocycles. The Morgan fingerprint density at radius 1 is 1.53 bits per heavy atom. The van der Waals surface area contributed by atoms with Crippen LogP contribution in [0.1, 0.15) is 35.7 Å². The van der Waals surface area contributed by atoms with Gasteiger partial charge in [-0.25, -0.2) is 0 Å². The van der Waals surface area contributed by atoms with Gasteiger partial charge in [-0.15, -0.1) is 0 Å². The van der Waals surface area contributed by atoms with E-state index in [2.05, 4.69) is 0 Å². The molecule has 1 saturated heterocycles. The van der Waals surface area contributed by atoms with Crippen molar-refractivity contribution in [1.29, 1.82) is 0 Å². The first kappa shape index (κ1) is 14.0. The number of rotatable bonds is 3. The van der Waals surface area contributed by atoms with Crippen molar-refractivity contribution in [3.63, 3.8) is 0 Å². The molecule has 1 N–H and O–H groups in total. The summed E-state index contributed by atoms with van der Waals surface area (Å²) >= 11 is 0. The molecular formula is C15H21NO3. The molecule has 104 valence electrons. The van der Waals surface area contributed by atoms with Crippen LogP contribution in [-0.2, 0) is 11.3 Å². The maximum absolute atomic E-state index is 12.4. The Balaban J connectivity index is 2.12. The number of nitrogens with zero attached hydrogens (tertiary/aromatic N) is 1. The zero-order valence-corrected chi connectivity index (χ0v) is 11.6. The van der Waals surface area contributed by atoms with Crippen LogP contribution in [0.4, 0.5) is 0 Å². The van der Waals surface area contributed by atoms with E-state index in [1.807, 2.05) is 24.3 Å². The van der Waals surface area contributed by atoms with E-state index in [-0.39, 0.29) is 5.91 Å². The first-order valence-electron chi connectivity index (χ1n) is 6.61. The van der Waals surface area contributed by atoms with Gasteiger partial charge in [0.1, 0.15) is 0 Å². The molecule has 1 aliphatic heterocycles. The van der Waals surface area contributed by atoms with E-state index >= 15 is 0 Å². The largest absolute Gasteiger partial charge is 0.388 e. The topological polar surface area (TPSA) is 49.8 Å². The number of benzene rings is 1. The molecule has 0 bridgehead atoms. The Morgan fingerprint density at radius 3 is 3.00 bits per heavy atom. The highest BCUT2D eigenvalue weighted by Gasteiger charge is 2.31. The summed E-state index contributed by atoms with van der Waals surface area (Å²) in [5.41, 5.74) is 0.877. The van der Waals surface area contributed by atoms with E-state index in [1.54, 1.807) is 18.9 Å². The lowest BCUT2D eigenvalue weighted by molar-refractivity contribution is -0.0107. The van der Waals surface area contributed by atoms with E-state index in [0.717, 1.165) is 18.4 Å². The Hall–Kier alpha value is -1.39. The van der Waals surface area contributed by atoms with Crippen LogP contribution < -0.4 is 0 Å². The number of amides is 1. The van der Waals surface area contributed by atoms with Gasteiger partial charge in [0.25, 0.3) is 5.91 Å². The molecule has 1 amide bonds. The molecule has 1 unspecified atom stereocenters. The maximum atomic E-state index is 12.4. The average Bonchev–Trinajstić information content (AvgIpc) is 2.37. The van der Waals surface area contributed by atoms with Crippen LogP contribution in [0, 0.1) is 0 Å². The normalized spacial score (nSPS) is 23.4. The third-order valence-corrected chi connectivity index (χ3v) is 3.45. The molecular weight excluding hydrogens is 242 g/mol. The summed E-state index contributed by atoms with van der Waals surface area (Å²) in [5, 5.41) is 10.1. The molecule has 1 aliphatic rings. The lowest BCUT2D eigenvalue weighted by atomic mass is 9.94. The molecule has 19 heavy (non-hydrogen) atoms. The Kier molecular flexibility index (Phi) is 4.22. The van der Waals surface area contributed by atoms with Gasteiger partial charge in [-0.3, -0.25) is 4.79 Å². The van der Waals surface area contributed by atoms with Crippen molar-refractivity contribution in [2.45, 2.75) is 32.0 Å². The number of methoxy groups -OCH3 is 1. The van der Waals surface area contributed by atoms with Crippen LogP contribution >= 0.6 is 0 Å². The lowest BCUT2D eigenvalue weighted by Crippen LogP contribution is -2.48. The second kappa shape index (κ2) is 5.72. The number of likely N-dealkylation sites (tertiary alicyclic amines) is 1. The summed E-state index contributed by atoms with van der Waals surface area (Å²) < 4.78 is 5.08. The minimum absolute atomic E-state index is 0.0158. The summed E-state index contributed by atoms with van der Waals surface area (Å²) in [6, 6.07) is 7.47. The van der Waals surface area contributed by atoms with Crippen molar-refractivity contribution in [1.82, 2.24) is 4.90 Å². The van der Waals surface area contributed by atoms with E-state index in [0.29, 0.717) is 25.3 Å². The fourth-order valence-electron chi connectivity index (χ4n) is 2.54.